The van der Waals surface area contributed by atoms with Gasteiger partial charge in [-0.15, -0.1) is 15.4 Å². The molecule has 6 atom stereocenters. The van der Waals surface area contributed by atoms with Gasteiger partial charge >= 0.3 is 0 Å². The Bertz CT molecular complexity index is 1950. The van der Waals surface area contributed by atoms with Crippen LogP contribution in [-0.2, 0) is 40.3 Å². The Morgan fingerprint density at radius 1 is 1.24 bits per heavy atom. The molecule has 2 aromatic rings. The summed E-state index contributed by atoms with van der Waals surface area (Å²) in [5.41, 5.74) is -1.56. The topological polar surface area (TPSA) is 207 Å². The smallest absolute Gasteiger partial charge is 0.271 e. The summed E-state index contributed by atoms with van der Waals surface area (Å²) in [6, 6.07) is 2.96. The van der Waals surface area contributed by atoms with Crippen molar-refractivity contribution < 1.29 is 41.2 Å². The van der Waals surface area contributed by atoms with Crippen molar-refractivity contribution in [2.24, 2.45) is 14.7 Å². The van der Waals surface area contributed by atoms with Crippen molar-refractivity contribution in [1.82, 2.24) is 25.2 Å². The maximum Gasteiger partial charge on any atom is 0.271 e. The monoisotopic (exact) mass is 749 g/mol. The van der Waals surface area contributed by atoms with Crippen molar-refractivity contribution in [3.05, 3.63) is 42.1 Å². The van der Waals surface area contributed by atoms with Crippen molar-refractivity contribution in [3.8, 4) is 11.6 Å². The first-order valence-corrected chi connectivity index (χ1v) is 18.9. The highest BCUT2D eigenvalue weighted by Crippen LogP contribution is 2.45. The summed E-state index contributed by atoms with van der Waals surface area (Å²) in [4.78, 5) is 47.2. The lowest BCUT2D eigenvalue weighted by Gasteiger charge is -2.28. The average Bonchev–Trinajstić information content (AvgIpc) is 3.98. The van der Waals surface area contributed by atoms with Crippen LogP contribution in [0.5, 0.6) is 11.6 Å². The Morgan fingerprint density at radius 3 is 2.66 bits per heavy atom. The van der Waals surface area contributed by atoms with Crippen LogP contribution in [0.15, 0.2) is 45.8 Å². The van der Waals surface area contributed by atoms with Crippen molar-refractivity contribution in [2.45, 2.75) is 68.5 Å². The largest absolute Gasteiger partial charge is 0.494 e. The summed E-state index contributed by atoms with van der Waals surface area (Å²) in [5, 5.41) is 6.63. The highest BCUT2D eigenvalue weighted by atomic mass is 35.5. The molecule has 2 saturated carbocycles. The molecule has 0 spiro atoms. The zero-order valence-corrected chi connectivity index (χ0v) is 29.8. The van der Waals surface area contributed by atoms with E-state index in [1.165, 1.54) is 31.2 Å². The lowest BCUT2D eigenvalue weighted by atomic mass is 10.1. The Hall–Kier alpha value is -4.29. The first kappa shape index (κ1) is 35.5. The molecule has 2 unspecified atom stereocenters. The van der Waals surface area contributed by atoms with Crippen LogP contribution in [-0.4, -0.2) is 101 Å². The standard InChI is InChI=1S/C31H36ClN7O9S2/c1-5-17-13-31(17,30(42)38-50(44,45)20-8-9-20)35-26(40)23-12-19(48-27-22-11-18(32)7-10-21(22)24(46-4)14-33-27)15-39(23)29(41)16(3)34-25-28(47-6-2)37-49(43)36-25/h5,7,10-11,14,16-17,19-20,23H,1,6,8-9,12-13,15H2,2-4H3,(H,34,36)(H,35,40)(H,38,42)/t16?,17-,19-,23+,31-,49?/m1/s1. The minimum Gasteiger partial charge on any atom is -0.494 e. The van der Waals surface area contributed by atoms with Crippen LogP contribution in [0, 0.1) is 5.92 Å². The molecule has 3 N–H and O–H groups in total. The second-order valence-corrected chi connectivity index (χ2v) is 15.6. The third-order valence-corrected chi connectivity index (χ3v) is 11.6. The normalized spacial score (nSPS) is 26.4. The number of hydrogen-bond donors (Lipinski definition) is 3. The second kappa shape index (κ2) is 13.8. The van der Waals surface area contributed by atoms with Gasteiger partial charge in [-0.2, -0.15) is 0 Å². The number of carbonyl (C=O) groups is 3. The summed E-state index contributed by atoms with van der Waals surface area (Å²) in [6.07, 6.45) is 3.24. The van der Waals surface area contributed by atoms with Crippen molar-refractivity contribution >= 4 is 73.0 Å². The Balaban J connectivity index is 1.26. The number of benzene rings is 1. The number of pyridine rings is 1. The highest BCUT2D eigenvalue weighted by Gasteiger charge is 2.62. The molecule has 1 aromatic heterocycles. The third-order valence-electron chi connectivity index (χ3n) is 8.91. The lowest BCUT2D eigenvalue weighted by molar-refractivity contribution is -0.140. The van der Waals surface area contributed by atoms with E-state index in [1.54, 1.807) is 25.1 Å². The number of rotatable bonds is 12. The van der Waals surface area contributed by atoms with E-state index in [9.17, 15) is 27.0 Å². The number of hydrogen-bond acceptors (Lipinski definition) is 11. The maximum atomic E-state index is 14.1. The molecule has 4 aliphatic rings. The van der Waals surface area contributed by atoms with Crippen LogP contribution in [0.2, 0.25) is 5.02 Å². The van der Waals surface area contributed by atoms with E-state index in [4.69, 9.17) is 25.8 Å². The molecule has 1 saturated heterocycles. The fourth-order valence-electron chi connectivity index (χ4n) is 6.06. The zero-order valence-electron chi connectivity index (χ0n) is 27.4. The average molecular weight is 750 g/mol. The van der Waals surface area contributed by atoms with Crippen molar-refractivity contribution in [2.75, 3.05) is 20.3 Å². The summed E-state index contributed by atoms with van der Waals surface area (Å²) in [7, 11) is -2.39. The zero-order chi connectivity index (χ0) is 36.0. The Morgan fingerprint density at radius 2 is 2.00 bits per heavy atom. The van der Waals surface area contributed by atoms with Gasteiger partial charge in [0.1, 0.15) is 29.5 Å². The number of sulfonamides is 1. The van der Waals surface area contributed by atoms with Crippen molar-refractivity contribution in [1.29, 1.82) is 0 Å². The number of aromatic nitrogens is 1. The number of amidine groups is 1. The molecule has 3 amide bonds. The minimum absolute atomic E-state index is 0.00644. The van der Waals surface area contributed by atoms with Crippen LogP contribution in [0.25, 0.3) is 10.8 Å². The van der Waals surface area contributed by atoms with Crippen LogP contribution >= 0.6 is 11.6 Å². The van der Waals surface area contributed by atoms with Crippen LogP contribution in [0.3, 0.4) is 0 Å². The van der Waals surface area contributed by atoms with Gasteiger partial charge in [-0.3, -0.25) is 19.1 Å². The van der Waals surface area contributed by atoms with Crippen molar-refractivity contribution in [3.63, 3.8) is 0 Å². The van der Waals surface area contributed by atoms with Gasteiger partial charge in [-0.1, -0.05) is 17.7 Å². The van der Waals surface area contributed by atoms with E-state index in [1.807, 2.05) is 0 Å². The van der Waals surface area contributed by atoms with E-state index in [0.717, 1.165) is 0 Å². The summed E-state index contributed by atoms with van der Waals surface area (Å²) in [6.45, 7) is 7.14. The van der Waals surface area contributed by atoms with E-state index in [-0.39, 0.29) is 43.6 Å². The lowest BCUT2D eigenvalue weighted by Crippen LogP contribution is -2.58. The number of nitrogens with zero attached hydrogens (tertiary/aromatic N) is 4. The summed E-state index contributed by atoms with van der Waals surface area (Å²) < 4.78 is 64.2. The number of methoxy groups -OCH3 is 1. The fraction of sp³-hybridized carbons (Fsp3) is 0.484. The SMILES string of the molecule is C=C[C@@H]1C[C@]1(NC(=O)[C@@H]1C[C@@H](Oc2ncc(OC)c3ccc(Cl)cc23)CN1C(=O)C(C)NC1=NS(=O)N=C1OCC)C(=O)NS(=O)(=O)C1CC1. The van der Waals surface area contributed by atoms with Gasteiger partial charge in [0, 0.05) is 28.1 Å². The molecule has 0 radical (unpaired) electrons. The number of likely N-dealkylation sites (tertiary alicyclic amines) is 1. The fourth-order valence-corrected chi connectivity index (χ4v) is 8.20. The van der Waals surface area contributed by atoms with E-state index < -0.39 is 73.8 Å². The third kappa shape index (κ3) is 7.00. The van der Waals surface area contributed by atoms with Crippen LogP contribution in [0.4, 0.5) is 0 Å². The Kier molecular flexibility index (Phi) is 9.80. The molecule has 6 rings (SSSR count). The molecule has 0 bridgehead atoms. The maximum absolute atomic E-state index is 14.1. The molecule has 3 heterocycles. The summed E-state index contributed by atoms with van der Waals surface area (Å²) in [5.74, 6) is -1.94. The highest BCUT2D eigenvalue weighted by molar-refractivity contribution is 7.91. The molecule has 19 heteroatoms. The first-order valence-electron chi connectivity index (χ1n) is 15.9. The quantitative estimate of drug-likeness (QED) is 0.264. The summed E-state index contributed by atoms with van der Waals surface area (Å²) >= 11 is 4.36. The molecule has 268 valence electrons. The molecular weight excluding hydrogens is 714 g/mol. The number of ether oxygens (including phenoxy) is 3. The minimum atomic E-state index is -3.90. The predicted molar refractivity (Wildman–Crippen MR) is 184 cm³/mol. The van der Waals surface area contributed by atoms with Gasteiger partial charge in [-0.05, 0) is 51.3 Å². The number of fused-ring (bicyclic) bond motifs is 1. The molecule has 2 aliphatic carbocycles. The van der Waals surface area contributed by atoms with E-state index in [2.05, 4.69) is 35.7 Å². The van der Waals surface area contributed by atoms with Gasteiger partial charge in [0.25, 0.3) is 23.0 Å². The molecule has 1 aromatic carbocycles. The first-order chi connectivity index (χ1) is 23.8. The molecule has 16 nitrogen and oxygen atoms in total. The van der Waals surface area contributed by atoms with E-state index >= 15 is 0 Å². The second-order valence-electron chi connectivity index (χ2n) is 12.4. The van der Waals surface area contributed by atoms with Gasteiger partial charge in [0.15, 0.2) is 0 Å². The van der Waals surface area contributed by atoms with Gasteiger partial charge in [0.2, 0.25) is 33.6 Å². The van der Waals surface area contributed by atoms with Crippen LogP contribution < -0.4 is 24.8 Å². The van der Waals surface area contributed by atoms with Gasteiger partial charge < -0.3 is 29.7 Å². The molecule has 3 fully saturated rings. The number of amides is 3. The van der Waals surface area contributed by atoms with Crippen LogP contribution in [0.1, 0.15) is 39.5 Å². The van der Waals surface area contributed by atoms with Gasteiger partial charge in [-0.25, -0.2) is 17.6 Å². The predicted octanol–water partition coefficient (Wildman–Crippen LogP) is 1.32. The molecular formula is C31H36ClN7O9S2. The van der Waals surface area contributed by atoms with Gasteiger partial charge in [0.05, 0.1) is 31.7 Å². The number of nitrogens with one attached hydrogen (secondary N) is 3. The van der Waals surface area contributed by atoms with E-state index in [0.29, 0.717) is 34.4 Å². The number of halogens is 1. The number of carbonyl (C=O) groups excluding carboxylic acids is 3. The Labute approximate surface area is 295 Å². The molecule has 50 heavy (non-hydrogen) atoms. The molecule has 2 aliphatic heterocycles.